The number of halogens is 6. The number of ether oxygens (including phenoxy) is 1. The number of rotatable bonds is 5. The second-order valence-electron chi connectivity index (χ2n) is 11.8. The van der Waals surface area contributed by atoms with E-state index < -0.39 is 41.2 Å². The summed E-state index contributed by atoms with van der Waals surface area (Å²) in [6.45, 7) is 0.802. The molecule has 8 nitrogen and oxygen atoms in total. The largest absolute Gasteiger partial charge is 0.436 e. The minimum atomic E-state index is -5.01. The second-order valence-corrected chi connectivity index (χ2v) is 11.8. The van der Waals surface area contributed by atoms with E-state index >= 15 is 0 Å². The van der Waals surface area contributed by atoms with E-state index in [1.54, 1.807) is 16.8 Å². The third-order valence-corrected chi connectivity index (χ3v) is 8.92. The minimum absolute atomic E-state index is 0.0266. The third kappa shape index (κ3) is 5.61. The van der Waals surface area contributed by atoms with Gasteiger partial charge in [0.05, 0.1) is 11.1 Å². The summed E-state index contributed by atoms with van der Waals surface area (Å²) in [7, 11) is 1.69. The van der Waals surface area contributed by atoms with Crippen molar-refractivity contribution in [1.29, 1.82) is 0 Å². The number of aromatic nitrogens is 3. The van der Waals surface area contributed by atoms with Gasteiger partial charge < -0.3 is 14.5 Å². The van der Waals surface area contributed by atoms with Gasteiger partial charge in [0.15, 0.2) is 11.9 Å². The van der Waals surface area contributed by atoms with Crippen molar-refractivity contribution in [1.82, 2.24) is 24.6 Å². The van der Waals surface area contributed by atoms with Crippen LogP contribution < -0.4 is 0 Å². The van der Waals surface area contributed by atoms with Crippen LogP contribution >= 0.6 is 0 Å². The van der Waals surface area contributed by atoms with Gasteiger partial charge in [-0.25, -0.2) is 14.5 Å². The molecule has 2 amide bonds. The molecule has 0 bridgehead atoms. The van der Waals surface area contributed by atoms with Gasteiger partial charge in [0.2, 0.25) is 5.91 Å². The van der Waals surface area contributed by atoms with Crippen LogP contribution in [0.15, 0.2) is 79.1 Å². The van der Waals surface area contributed by atoms with E-state index in [2.05, 4.69) is 10.1 Å². The highest BCUT2D eigenvalue weighted by Crippen LogP contribution is 2.50. The van der Waals surface area contributed by atoms with Gasteiger partial charge in [-0.2, -0.15) is 26.3 Å². The van der Waals surface area contributed by atoms with Crippen LogP contribution in [0.2, 0.25) is 0 Å². The Hall–Kier alpha value is -5.14. The van der Waals surface area contributed by atoms with Crippen LogP contribution in [0.25, 0.3) is 28.7 Å². The lowest BCUT2D eigenvalue weighted by atomic mass is 10.0. The number of nitrogens with zero attached hydrogens (tertiary/aromatic N) is 5. The zero-order valence-electron chi connectivity index (χ0n) is 24.5. The van der Waals surface area contributed by atoms with Gasteiger partial charge in [0.25, 0.3) is 0 Å². The van der Waals surface area contributed by atoms with Crippen LogP contribution in [-0.4, -0.2) is 62.7 Å². The van der Waals surface area contributed by atoms with Gasteiger partial charge in [-0.3, -0.25) is 4.79 Å². The predicted octanol–water partition coefficient (Wildman–Crippen LogP) is 6.75. The molecule has 3 aromatic carbocycles. The molecule has 0 spiro atoms. The van der Waals surface area contributed by atoms with Gasteiger partial charge >= 0.3 is 18.4 Å². The molecule has 2 heterocycles. The molecule has 1 aliphatic heterocycles. The third-order valence-electron chi connectivity index (χ3n) is 8.92. The monoisotopic (exact) mass is 653 g/mol. The maximum absolute atomic E-state index is 13.2. The van der Waals surface area contributed by atoms with Gasteiger partial charge in [-0.05, 0) is 29.3 Å². The van der Waals surface area contributed by atoms with Gasteiger partial charge in [0, 0.05) is 67.0 Å². The van der Waals surface area contributed by atoms with Crippen molar-refractivity contribution in [2.45, 2.75) is 24.5 Å². The van der Waals surface area contributed by atoms with Crippen molar-refractivity contribution >= 4 is 18.2 Å². The second kappa shape index (κ2) is 11.0. The first-order chi connectivity index (χ1) is 22.3. The smallest absolute Gasteiger partial charge is 0.416 e. The molecule has 47 heavy (non-hydrogen) atoms. The number of piperidine rings is 1. The molecule has 0 radical (unpaired) electrons. The molecular weight excluding hydrogens is 628 g/mol. The Morgan fingerprint density at radius 3 is 1.98 bits per heavy atom. The van der Waals surface area contributed by atoms with Gasteiger partial charge in [-0.15, -0.1) is 5.10 Å². The maximum atomic E-state index is 13.2. The minimum Gasteiger partial charge on any atom is -0.436 e. The normalized spacial score (nSPS) is 20.2. The van der Waals surface area contributed by atoms with Gasteiger partial charge in [-0.1, -0.05) is 48.5 Å². The van der Waals surface area contributed by atoms with E-state index in [0.717, 1.165) is 33.3 Å². The van der Waals surface area contributed by atoms with E-state index in [1.165, 1.54) is 12.3 Å². The molecule has 2 unspecified atom stereocenters. The molecule has 2 aliphatic carbocycles. The molecule has 4 aromatic rings. The van der Waals surface area contributed by atoms with Crippen LogP contribution in [0.5, 0.6) is 0 Å². The van der Waals surface area contributed by atoms with Crippen molar-refractivity contribution in [3.63, 3.8) is 0 Å². The average Bonchev–Trinajstić information content (AvgIpc) is 3.40. The Morgan fingerprint density at radius 2 is 1.43 bits per heavy atom. The highest BCUT2D eigenvalue weighted by molar-refractivity contribution is 5.90. The van der Waals surface area contributed by atoms with Crippen molar-refractivity contribution in [2.24, 2.45) is 11.8 Å². The summed E-state index contributed by atoms with van der Waals surface area (Å²) >= 11 is 0. The first-order valence-electron chi connectivity index (χ1n) is 14.6. The highest BCUT2D eigenvalue weighted by atomic mass is 19.4. The molecule has 1 saturated carbocycles. The Labute approximate surface area is 263 Å². The number of amides is 2. The van der Waals surface area contributed by atoms with E-state index in [0.29, 0.717) is 25.2 Å². The fourth-order valence-electron chi connectivity index (χ4n) is 6.60. The van der Waals surface area contributed by atoms with Crippen molar-refractivity contribution in [2.75, 3.05) is 20.1 Å². The van der Waals surface area contributed by atoms with Crippen LogP contribution in [0, 0.1) is 11.8 Å². The summed E-state index contributed by atoms with van der Waals surface area (Å²) in [6, 6.07) is 16.6. The molecule has 14 heteroatoms. The number of carbonyl (C=O) groups is 2. The summed E-state index contributed by atoms with van der Waals surface area (Å²) in [6.07, 6.45) is -7.50. The topological polar surface area (TPSA) is 80.6 Å². The maximum Gasteiger partial charge on any atom is 0.416 e. The molecule has 2 atom stereocenters. The molecule has 242 valence electrons. The lowest BCUT2D eigenvalue weighted by Gasteiger charge is -2.25. The molecule has 0 N–H and O–H groups in total. The van der Waals surface area contributed by atoms with E-state index in [1.807, 2.05) is 48.5 Å². The Kier molecular flexibility index (Phi) is 7.13. The SMILES string of the molecule is CN(C(=O)OC1c2ccccc2-c2ccccc21)C1C2CN(C(=O)/C=C\n3cnc(-c4cc(C(F)(F)F)cc(C(F)(F)F)c4)n3)CC21. The highest BCUT2D eigenvalue weighted by Gasteiger charge is 2.59. The van der Waals surface area contributed by atoms with Crippen molar-refractivity contribution in [3.05, 3.63) is 101 Å². The number of alkyl halides is 6. The van der Waals surface area contributed by atoms with Crippen molar-refractivity contribution in [3.8, 4) is 22.5 Å². The number of hydrogen-bond acceptors (Lipinski definition) is 5. The number of carbonyl (C=O) groups excluding carboxylic acids is 2. The Balaban J connectivity index is 0.966. The molecule has 2 fully saturated rings. The molecule has 1 saturated heterocycles. The molecule has 3 aliphatic rings. The van der Waals surface area contributed by atoms with E-state index in [-0.39, 0.29) is 35.7 Å². The number of benzene rings is 3. The quantitative estimate of drug-likeness (QED) is 0.176. The fourth-order valence-corrected chi connectivity index (χ4v) is 6.60. The summed E-state index contributed by atoms with van der Waals surface area (Å²) in [5.74, 6) is -0.608. The standard InChI is InChI=1S/C33H25F6N5O3/c1-42(31(46)47-29-23-8-4-2-6-21(23)22-7-3-5-9-24(22)29)28-25-15-43(16-26(25)28)27(45)10-11-44-17-40-30(41-44)18-12-19(32(34,35)36)14-20(13-18)33(37,38)39/h2-14,17,25-26,28-29H,15-16H2,1H3/b11-10-. The van der Waals surface area contributed by atoms with E-state index in [4.69, 9.17) is 4.74 Å². The molecule has 7 rings (SSSR count). The Morgan fingerprint density at radius 1 is 0.872 bits per heavy atom. The van der Waals surface area contributed by atoms with E-state index in [9.17, 15) is 35.9 Å². The summed E-state index contributed by atoms with van der Waals surface area (Å²) in [4.78, 5) is 33.1. The summed E-state index contributed by atoms with van der Waals surface area (Å²) in [5.41, 5.74) is 0.475. The lowest BCUT2D eigenvalue weighted by molar-refractivity contribution is -0.143. The van der Waals surface area contributed by atoms with Crippen LogP contribution in [-0.2, 0) is 21.9 Å². The molecule has 1 aromatic heterocycles. The number of likely N-dealkylation sites (tertiary alicyclic amines) is 1. The summed E-state index contributed by atoms with van der Waals surface area (Å²) < 4.78 is 86.5. The van der Waals surface area contributed by atoms with Crippen LogP contribution in [0.4, 0.5) is 31.1 Å². The van der Waals surface area contributed by atoms with Crippen LogP contribution in [0.3, 0.4) is 0 Å². The lowest BCUT2D eigenvalue weighted by Crippen LogP contribution is -2.38. The first-order valence-corrected chi connectivity index (χ1v) is 14.6. The zero-order chi connectivity index (χ0) is 33.2. The van der Waals surface area contributed by atoms with Gasteiger partial charge in [0.1, 0.15) is 6.33 Å². The molecular formula is C33H25F6N5O3. The first kappa shape index (κ1) is 30.5. The average molecular weight is 654 g/mol. The zero-order valence-corrected chi connectivity index (χ0v) is 24.5. The fraction of sp³-hybridized carbons (Fsp3) is 0.273. The number of hydrogen-bond donors (Lipinski definition) is 0. The van der Waals surface area contributed by atoms with Crippen LogP contribution in [0.1, 0.15) is 28.4 Å². The Bertz CT molecular complexity index is 1830. The van der Waals surface area contributed by atoms with Crippen molar-refractivity contribution < 1.29 is 40.7 Å². The summed E-state index contributed by atoms with van der Waals surface area (Å²) in [5, 5.41) is 3.93. The predicted molar refractivity (Wildman–Crippen MR) is 156 cm³/mol. The number of fused-ring (bicyclic) bond motifs is 4.